The van der Waals surface area contributed by atoms with Crippen LogP contribution in [-0.4, -0.2) is 23.3 Å². The Bertz CT molecular complexity index is 1320. The van der Waals surface area contributed by atoms with Crippen LogP contribution in [0.15, 0.2) is 65.7 Å². The summed E-state index contributed by atoms with van der Waals surface area (Å²) < 4.78 is 28.1. The van der Waals surface area contributed by atoms with Crippen molar-refractivity contribution < 1.29 is 13.3 Å². The van der Waals surface area contributed by atoms with E-state index in [0.29, 0.717) is 16.3 Å². The second-order valence-corrected chi connectivity index (χ2v) is 8.84. The Morgan fingerprint density at radius 3 is 2.66 bits per heavy atom. The molecule has 0 saturated carbocycles. The first-order valence-corrected chi connectivity index (χ1v) is 10.7. The number of aryl methyl sites for hydroxylation is 1. The molecule has 0 unspecified atom stereocenters. The van der Waals surface area contributed by atoms with Crippen molar-refractivity contribution in [1.82, 2.24) is 9.97 Å². The molecular weight excluding hydrogens is 412 g/mol. The van der Waals surface area contributed by atoms with Crippen LogP contribution >= 0.6 is 11.3 Å². The Morgan fingerprint density at radius 1 is 1.10 bits per heavy atom. The predicted octanol–water partition coefficient (Wildman–Crippen LogP) is 4.38. The molecule has 1 N–H and O–H groups in total. The lowest BCUT2D eigenvalue weighted by Crippen LogP contribution is -2.15. The summed E-state index contributed by atoms with van der Waals surface area (Å²) in [6.07, 6.45) is 1.69. The second-order valence-electron chi connectivity index (χ2n) is 6.21. The number of pyridine rings is 1. The third-order valence-electron chi connectivity index (χ3n) is 4.25. The third kappa shape index (κ3) is 3.67. The van der Waals surface area contributed by atoms with Gasteiger partial charge < -0.3 is 0 Å². The van der Waals surface area contributed by atoms with E-state index in [4.69, 9.17) is 0 Å². The minimum absolute atomic E-state index is 0.327. The number of nitro groups is 1. The number of nitrogens with one attached hydrogen (secondary N) is 1. The number of rotatable bonds is 5. The standard InChI is InChI=1S/C19H14N4O4S2/c1-12-8-9-13(18-21-14-5-4-10-20-19(14)28-18)11-15(12)22-29(26,27)17-7-3-2-6-16(17)23(24)25/h2-11,22H,1H3. The van der Waals surface area contributed by atoms with Crippen molar-refractivity contribution in [3.05, 3.63) is 76.5 Å². The van der Waals surface area contributed by atoms with E-state index in [1.54, 1.807) is 31.3 Å². The van der Waals surface area contributed by atoms with Gasteiger partial charge in [-0.05, 0) is 36.8 Å². The molecule has 0 bridgehead atoms. The molecule has 8 nitrogen and oxygen atoms in total. The molecule has 0 radical (unpaired) electrons. The van der Waals surface area contributed by atoms with Crippen LogP contribution in [0.4, 0.5) is 11.4 Å². The molecule has 4 rings (SSSR count). The lowest BCUT2D eigenvalue weighted by Gasteiger charge is -2.12. The summed E-state index contributed by atoms with van der Waals surface area (Å²) in [6, 6.07) is 14.2. The molecule has 2 aromatic heterocycles. The number of aromatic nitrogens is 2. The van der Waals surface area contributed by atoms with Gasteiger partial charge >= 0.3 is 0 Å². The minimum Gasteiger partial charge on any atom is -0.279 e. The van der Waals surface area contributed by atoms with Crippen LogP contribution < -0.4 is 4.72 Å². The largest absolute Gasteiger partial charge is 0.289 e. The second kappa shape index (κ2) is 7.22. The molecule has 0 aliphatic rings. The summed E-state index contributed by atoms with van der Waals surface area (Å²) >= 11 is 1.40. The third-order valence-corrected chi connectivity index (χ3v) is 6.69. The van der Waals surface area contributed by atoms with Crippen LogP contribution in [0.25, 0.3) is 20.9 Å². The van der Waals surface area contributed by atoms with Gasteiger partial charge in [0.2, 0.25) is 0 Å². The molecule has 0 aliphatic carbocycles. The fourth-order valence-corrected chi connectivity index (χ4v) is 4.99. The van der Waals surface area contributed by atoms with Crippen molar-refractivity contribution in [2.75, 3.05) is 4.72 Å². The number of fused-ring (bicyclic) bond motifs is 1. The van der Waals surface area contributed by atoms with Gasteiger partial charge in [0, 0.05) is 17.8 Å². The van der Waals surface area contributed by atoms with E-state index in [1.165, 1.54) is 29.5 Å². The summed E-state index contributed by atoms with van der Waals surface area (Å²) in [5.74, 6) is 0. The molecule has 0 saturated heterocycles. The molecule has 2 heterocycles. The Balaban J connectivity index is 1.74. The number of anilines is 1. The van der Waals surface area contributed by atoms with Gasteiger partial charge in [-0.25, -0.2) is 18.4 Å². The fourth-order valence-electron chi connectivity index (χ4n) is 2.79. The first-order chi connectivity index (χ1) is 13.8. The molecule has 4 aromatic rings. The van der Waals surface area contributed by atoms with Crippen molar-refractivity contribution >= 4 is 43.1 Å². The molecule has 10 heteroatoms. The van der Waals surface area contributed by atoms with Crippen LogP contribution in [0.2, 0.25) is 0 Å². The molecule has 0 amide bonds. The molecule has 2 aromatic carbocycles. The quantitative estimate of drug-likeness (QED) is 0.374. The van der Waals surface area contributed by atoms with Crippen LogP contribution in [-0.2, 0) is 10.0 Å². The highest BCUT2D eigenvalue weighted by Gasteiger charge is 2.25. The number of benzene rings is 2. The van der Waals surface area contributed by atoms with Crippen molar-refractivity contribution in [2.45, 2.75) is 11.8 Å². The fraction of sp³-hybridized carbons (Fsp3) is 0.0526. The first-order valence-electron chi connectivity index (χ1n) is 8.44. The van der Waals surface area contributed by atoms with Gasteiger partial charge in [-0.1, -0.05) is 35.6 Å². The SMILES string of the molecule is Cc1ccc(-c2nc3cccnc3s2)cc1NS(=O)(=O)c1ccccc1[N+](=O)[O-]. The number of hydrogen-bond acceptors (Lipinski definition) is 7. The van der Waals surface area contributed by atoms with Crippen LogP contribution in [0.1, 0.15) is 5.56 Å². The van der Waals surface area contributed by atoms with Crippen molar-refractivity contribution in [2.24, 2.45) is 0 Å². The molecule has 0 fully saturated rings. The Morgan fingerprint density at radius 2 is 1.90 bits per heavy atom. The van der Waals surface area contributed by atoms with Crippen LogP contribution in [0.5, 0.6) is 0 Å². The topological polar surface area (TPSA) is 115 Å². The molecule has 29 heavy (non-hydrogen) atoms. The number of hydrogen-bond donors (Lipinski definition) is 1. The van der Waals surface area contributed by atoms with Crippen LogP contribution in [0, 0.1) is 17.0 Å². The van der Waals surface area contributed by atoms with Crippen molar-refractivity contribution in [1.29, 1.82) is 0 Å². The highest BCUT2D eigenvalue weighted by molar-refractivity contribution is 7.92. The highest BCUT2D eigenvalue weighted by Crippen LogP contribution is 2.33. The average Bonchev–Trinajstić information content (AvgIpc) is 3.13. The van der Waals surface area contributed by atoms with Gasteiger partial charge in [0.05, 0.1) is 10.6 Å². The zero-order chi connectivity index (χ0) is 20.6. The molecule has 146 valence electrons. The van der Waals surface area contributed by atoms with Gasteiger partial charge in [0.15, 0.2) is 4.90 Å². The molecular formula is C19H14N4O4S2. The van der Waals surface area contributed by atoms with E-state index in [0.717, 1.165) is 22.0 Å². The van der Waals surface area contributed by atoms with E-state index < -0.39 is 20.6 Å². The highest BCUT2D eigenvalue weighted by atomic mass is 32.2. The maximum absolute atomic E-state index is 12.8. The van der Waals surface area contributed by atoms with E-state index >= 15 is 0 Å². The number of nitrogens with zero attached hydrogens (tertiary/aromatic N) is 3. The van der Waals surface area contributed by atoms with Gasteiger partial charge in [-0.15, -0.1) is 0 Å². The average molecular weight is 426 g/mol. The zero-order valence-corrected chi connectivity index (χ0v) is 16.7. The monoisotopic (exact) mass is 426 g/mol. The summed E-state index contributed by atoms with van der Waals surface area (Å²) in [5, 5.41) is 11.9. The van der Waals surface area contributed by atoms with Gasteiger partial charge in [0.25, 0.3) is 15.7 Å². The summed E-state index contributed by atoms with van der Waals surface area (Å²) in [4.78, 5) is 19.7. The number of nitro benzene ring substituents is 1. The summed E-state index contributed by atoms with van der Waals surface area (Å²) in [7, 11) is -4.16. The summed E-state index contributed by atoms with van der Waals surface area (Å²) in [6.45, 7) is 1.75. The first kappa shape index (κ1) is 19.0. The van der Waals surface area contributed by atoms with Crippen molar-refractivity contribution in [3.8, 4) is 10.6 Å². The smallest absolute Gasteiger partial charge is 0.279 e. The number of thiazole rings is 1. The number of sulfonamides is 1. The van der Waals surface area contributed by atoms with E-state index in [1.807, 2.05) is 12.1 Å². The Labute approximate surface area is 170 Å². The van der Waals surface area contributed by atoms with Crippen LogP contribution in [0.3, 0.4) is 0 Å². The lowest BCUT2D eigenvalue weighted by atomic mass is 10.1. The van der Waals surface area contributed by atoms with Gasteiger partial charge in [0.1, 0.15) is 15.4 Å². The Kier molecular flexibility index (Phi) is 4.73. The van der Waals surface area contributed by atoms with Gasteiger partial charge in [-0.2, -0.15) is 0 Å². The molecule has 0 aliphatic heterocycles. The molecule has 0 atom stereocenters. The van der Waals surface area contributed by atoms with E-state index in [-0.39, 0.29) is 4.90 Å². The van der Waals surface area contributed by atoms with E-state index in [2.05, 4.69) is 14.7 Å². The number of para-hydroxylation sites is 1. The predicted molar refractivity (Wildman–Crippen MR) is 111 cm³/mol. The van der Waals surface area contributed by atoms with Crippen molar-refractivity contribution in [3.63, 3.8) is 0 Å². The lowest BCUT2D eigenvalue weighted by molar-refractivity contribution is -0.387. The normalized spacial score (nSPS) is 11.5. The maximum atomic E-state index is 12.8. The zero-order valence-electron chi connectivity index (χ0n) is 15.1. The molecule has 0 spiro atoms. The minimum atomic E-state index is -4.16. The van der Waals surface area contributed by atoms with E-state index in [9.17, 15) is 18.5 Å². The Hall–Kier alpha value is -3.37. The summed E-state index contributed by atoms with van der Waals surface area (Å²) in [5.41, 5.74) is 2.00. The van der Waals surface area contributed by atoms with Gasteiger partial charge in [-0.3, -0.25) is 14.8 Å². The maximum Gasteiger partial charge on any atom is 0.289 e.